The summed E-state index contributed by atoms with van der Waals surface area (Å²) < 4.78 is 5.81. The van der Waals surface area contributed by atoms with Gasteiger partial charge in [0, 0.05) is 12.1 Å². The third-order valence-electron chi connectivity index (χ3n) is 3.54. The molecule has 1 heterocycles. The highest BCUT2D eigenvalue weighted by molar-refractivity contribution is 5.85. The lowest BCUT2D eigenvalue weighted by Crippen LogP contribution is -2.20. The van der Waals surface area contributed by atoms with E-state index in [0.29, 0.717) is 13.1 Å². The Morgan fingerprint density at radius 3 is 2.22 bits per heavy atom. The molecule has 120 valence electrons. The number of aliphatic hydroxyl groups is 1. The van der Waals surface area contributed by atoms with Crippen LogP contribution in [0.3, 0.4) is 0 Å². The Labute approximate surface area is 142 Å². The fourth-order valence-corrected chi connectivity index (χ4v) is 2.36. The number of hydrogen-bond donors (Lipinski definition) is 2. The summed E-state index contributed by atoms with van der Waals surface area (Å²) >= 11 is 0. The van der Waals surface area contributed by atoms with Gasteiger partial charge in [-0.15, -0.1) is 12.4 Å². The lowest BCUT2D eigenvalue weighted by molar-refractivity contribution is 0.173. The molecule has 4 heteroatoms. The van der Waals surface area contributed by atoms with Crippen molar-refractivity contribution >= 4 is 12.4 Å². The molecular formula is C19H20ClNO2. The van der Waals surface area contributed by atoms with Crippen molar-refractivity contribution in [3.63, 3.8) is 0 Å². The molecule has 0 bridgehead atoms. The van der Waals surface area contributed by atoms with Crippen LogP contribution in [0.2, 0.25) is 0 Å². The van der Waals surface area contributed by atoms with Gasteiger partial charge in [-0.1, -0.05) is 60.7 Å². The van der Waals surface area contributed by atoms with E-state index in [1.165, 1.54) is 0 Å². The van der Waals surface area contributed by atoms with Gasteiger partial charge < -0.3 is 14.8 Å². The van der Waals surface area contributed by atoms with Gasteiger partial charge in [-0.3, -0.25) is 0 Å². The van der Waals surface area contributed by atoms with Gasteiger partial charge in [-0.2, -0.15) is 0 Å². The maximum atomic E-state index is 10.1. The second kappa shape index (κ2) is 8.53. The van der Waals surface area contributed by atoms with Gasteiger partial charge >= 0.3 is 0 Å². The van der Waals surface area contributed by atoms with E-state index in [2.05, 4.69) is 5.32 Å². The van der Waals surface area contributed by atoms with E-state index in [9.17, 15) is 5.11 Å². The number of aliphatic hydroxyl groups excluding tert-OH is 1. The number of halogens is 1. The summed E-state index contributed by atoms with van der Waals surface area (Å²) in [6.07, 6.45) is -0.509. The molecule has 0 fully saturated rings. The second-order valence-electron chi connectivity index (χ2n) is 5.19. The molecule has 0 saturated carbocycles. The van der Waals surface area contributed by atoms with Crippen LogP contribution in [0.1, 0.15) is 17.4 Å². The fourth-order valence-electron chi connectivity index (χ4n) is 2.36. The Morgan fingerprint density at radius 2 is 1.52 bits per heavy atom. The van der Waals surface area contributed by atoms with Crippen LogP contribution in [0, 0.1) is 0 Å². The van der Waals surface area contributed by atoms with Crippen molar-refractivity contribution in [3.05, 3.63) is 84.1 Å². The zero-order chi connectivity index (χ0) is 15.2. The highest BCUT2D eigenvalue weighted by Crippen LogP contribution is 2.21. The standard InChI is InChI=1S/C19H19NO2.ClH/c21-18(15-7-3-1-4-8-15)14-20-13-17-11-12-19(22-17)16-9-5-2-6-10-16;/h1-12,18,20-21H,13-14H2;1H. The van der Waals surface area contributed by atoms with Gasteiger partial charge in [0.1, 0.15) is 11.5 Å². The van der Waals surface area contributed by atoms with Crippen molar-refractivity contribution in [2.24, 2.45) is 0 Å². The summed E-state index contributed by atoms with van der Waals surface area (Å²) in [4.78, 5) is 0. The van der Waals surface area contributed by atoms with E-state index in [1.807, 2.05) is 72.8 Å². The number of benzene rings is 2. The van der Waals surface area contributed by atoms with Crippen molar-refractivity contribution in [2.45, 2.75) is 12.6 Å². The third-order valence-corrected chi connectivity index (χ3v) is 3.54. The molecule has 3 nitrogen and oxygen atoms in total. The second-order valence-corrected chi connectivity index (χ2v) is 5.19. The van der Waals surface area contributed by atoms with Crippen LogP contribution in [0.15, 0.2) is 77.2 Å². The minimum Gasteiger partial charge on any atom is -0.460 e. The molecule has 0 radical (unpaired) electrons. The van der Waals surface area contributed by atoms with E-state index in [4.69, 9.17) is 4.42 Å². The van der Waals surface area contributed by atoms with Gasteiger partial charge in [0.05, 0.1) is 12.6 Å². The predicted molar refractivity (Wildman–Crippen MR) is 94.5 cm³/mol. The van der Waals surface area contributed by atoms with Crippen LogP contribution in [-0.4, -0.2) is 11.7 Å². The molecule has 0 aliphatic rings. The number of nitrogens with one attached hydrogen (secondary N) is 1. The molecule has 0 aliphatic carbocycles. The average Bonchev–Trinajstić information content (AvgIpc) is 3.05. The number of furan rings is 1. The zero-order valence-electron chi connectivity index (χ0n) is 12.7. The van der Waals surface area contributed by atoms with Gasteiger partial charge in [0.25, 0.3) is 0 Å². The lowest BCUT2D eigenvalue weighted by atomic mass is 10.1. The van der Waals surface area contributed by atoms with Crippen LogP contribution in [-0.2, 0) is 6.54 Å². The SMILES string of the molecule is Cl.OC(CNCc1ccc(-c2ccccc2)o1)c1ccccc1. The summed E-state index contributed by atoms with van der Waals surface area (Å²) in [6, 6.07) is 23.6. The molecular weight excluding hydrogens is 310 g/mol. The molecule has 1 unspecified atom stereocenters. The Bertz CT molecular complexity index is 698. The van der Waals surface area contributed by atoms with Crippen LogP contribution < -0.4 is 5.32 Å². The highest BCUT2D eigenvalue weighted by atomic mass is 35.5. The number of rotatable bonds is 6. The predicted octanol–water partition coefficient (Wildman–Crippen LogP) is 4.19. The first kappa shape index (κ1) is 17.3. The van der Waals surface area contributed by atoms with Crippen molar-refractivity contribution in [1.29, 1.82) is 0 Å². The smallest absolute Gasteiger partial charge is 0.134 e. The van der Waals surface area contributed by atoms with E-state index < -0.39 is 6.10 Å². The molecule has 2 N–H and O–H groups in total. The Hall–Kier alpha value is -2.07. The van der Waals surface area contributed by atoms with E-state index in [1.54, 1.807) is 0 Å². The Balaban J connectivity index is 0.00000192. The fraction of sp³-hybridized carbons (Fsp3) is 0.158. The molecule has 0 amide bonds. The molecule has 0 saturated heterocycles. The topological polar surface area (TPSA) is 45.4 Å². The molecule has 1 aromatic heterocycles. The molecule has 0 spiro atoms. The highest BCUT2D eigenvalue weighted by Gasteiger charge is 2.08. The maximum absolute atomic E-state index is 10.1. The Kier molecular flexibility index (Phi) is 6.41. The summed E-state index contributed by atoms with van der Waals surface area (Å²) in [5, 5.41) is 13.3. The summed E-state index contributed by atoms with van der Waals surface area (Å²) in [7, 11) is 0. The van der Waals surface area contributed by atoms with Gasteiger partial charge in [-0.05, 0) is 17.7 Å². The van der Waals surface area contributed by atoms with Crippen LogP contribution in [0.5, 0.6) is 0 Å². The Morgan fingerprint density at radius 1 is 0.870 bits per heavy atom. The van der Waals surface area contributed by atoms with Crippen molar-refractivity contribution in [2.75, 3.05) is 6.54 Å². The molecule has 2 aromatic carbocycles. The lowest BCUT2D eigenvalue weighted by Gasteiger charge is -2.11. The minimum absolute atomic E-state index is 0. The maximum Gasteiger partial charge on any atom is 0.134 e. The average molecular weight is 330 g/mol. The first-order chi connectivity index (χ1) is 10.8. The largest absolute Gasteiger partial charge is 0.460 e. The number of hydrogen-bond acceptors (Lipinski definition) is 3. The molecule has 0 aliphatic heterocycles. The van der Waals surface area contributed by atoms with Crippen molar-refractivity contribution in [1.82, 2.24) is 5.32 Å². The summed E-state index contributed by atoms with van der Waals surface area (Å²) in [5.74, 6) is 1.72. The van der Waals surface area contributed by atoms with Gasteiger partial charge in [0.15, 0.2) is 0 Å². The van der Waals surface area contributed by atoms with Crippen molar-refractivity contribution in [3.8, 4) is 11.3 Å². The van der Waals surface area contributed by atoms with E-state index in [-0.39, 0.29) is 12.4 Å². The van der Waals surface area contributed by atoms with Gasteiger partial charge in [-0.25, -0.2) is 0 Å². The van der Waals surface area contributed by atoms with E-state index in [0.717, 1.165) is 22.6 Å². The van der Waals surface area contributed by atoms with Crippen LogP contribution in [0.4, 0.5) is 0 Å². The molecule has 23 heavy (non-hydrogen) atoms. The van der Waals surface area contributed by atoms with E-state index >= 15 is 0 Å². The first-order valence-corrected chi connectivity index (χ1v) is 7.41. The van der Waals surface area contributed by atoms with Gasteiger partial charge in [0.2, 0.25) is 0 Å². The molecule has 1 atom stereocenters. The monoisotopic (exact) mass is 329 g/mol. The van der Waals surface area contributed by atoms with Crippen LogP contribution >= 0.6 is 12.4 Å². The summed E-state index contributed by atoms with van der Waals surface area (Å²) in [5.41, 5.74) is 1.98. The first-order valence-electron chi connectivity index (χ1n) is 7.41. The third kappa shape index (κ3) is 4.70. The minimum atomic E-state index is -0.509. The summed E-state index contributed by atoms with van der Waals surface area (Å²) in [6.45, 7) is 1.09. The normalized spacial score (nSPS) is 11.7. The molecule has 3 aromatic rings. The molecule has 3 rings (SSSR count). The zero-order valence-corrected chi connectivity index (χ0v) is 13.5. The van der Waals surface area contributed by atoms with Crippen molar-refractivity contribution < 1.29 is 9.52 Å². The van der Waals surface area contributed by atoms with Crippen LogP contribution in [0.25, 0.3) is 11.3 Å². The quantitative estimate of drug-likeness (QED) is 0.712.